The van der Waals surface area contributed by atoms with Gasteiger partial charge in [0, 0.05) is 38.2 Å². The zero-order valence-corrected chi connectivity index (χ0v) is 11.2. The first kappa shape index (κ1) is 15.1. The lowest BCUT2D eigenvalue weighted by molar-refractivity contribution is -0.384. The number of nitrogens with two attached hydrogens (primary N) is 1. The van der Waals surface area contributed by atoms with Gasteiger partial charge in [0.05, 0.1) is 4.92 Å². The van der Waals surface area contributed by atoms with Crippen molar-refractivity contribution in [2.75, 3.05) is 13.6 Å². The van der Waals surface area contributed by atoms with Gasteiger partial charge in [-0.25, -0.2) is 0 Å². The topological polar surface area (TPSA) is 89.5 Å². The highest BCUT2D eigenvalue weighted by atomic mass is 16.6. The number of hydrogen-bond acceptors (Lipinski definition) is 4. The van der Waals surface area contributed by atoms with Gasteiger partial charge in [0.2, 0.25) is 5.91 Å². The van der Waals surface area contributed by atoms with Crippen molar-refractivity contribution in [3.8, 4) is 0 Å². The lowest BCUT2D eigenvalue weighted by Crippen LogP contribution is -2.39. The minimum atomic E-state index is -0.437. The number of nitro groups is 1. The Bertz CT molecular complexity index is 462. The van der Waals surface area contributed by atoms with Gasteiger partial charge in [-0.3, -0.25) is 14.9 Å². The van der Waals surface area contributed by atoms with E-state index in [4.69, 9.17) is 5.73 Å². The molecule has 6 nitrogen and oxygen atoms in total. The molecule has 0 heterocycles. The summed E-state index contributed by atoms with van der Waals surface area (Å²) >= 11 is 0. The maximum Gasteiger partial charge on any atom is 0.269 e. The molecule has 0 spiro atoms. The summed E-state index contributed by atoms with van der Waals surface area (Å²) in [6.07, 6.45) is 0.810. The van der Waals surface area contributed by atoms with E-state index in [1.165, 1.54) is 12.1 Å². The first-order valence-electron chi connectivity index (χ1n) is 6.14. The molecule has 0 aliphatic heterocycles. The van der Waals surface area contributed by atoms with Crippen LogP contribution in [0.25, 0.3) is 0 Å². The highest BCUT2D eigenvalue weighted by Crippen LogP contribution is 2.14. The van der Waals surface area contributed by atoms with Crippen LogP contribution in [0.5, 0.6) is 0 Å². The van der Waals surface area contributed by atoms with Gasteiger partial charge in [-0.05, 0) is 18.9 Å². The van der Waals surface area contributed by atoms with Gasteiger partial charge in [-0.2, -0.15) is 0 Å². The molecule has 104 valence electrons. The van der Waals surface area contributed by atoms with E-state index in [0.29, 0.717) is 19.4 Å². The predicted octanol–water partition coefficient (Wildman–Crippen LogP) is 1.33. The second kappa shape index (κ2) is 6.84. The molecule has 1 amide bonds. The summed E-state index contributed by atoms with van der Waals surface area (Å²) in [7, 11) is 1.72. The number of hydrogen-bond donors (Lipinski definition) is 1. The summed E-state index contributed by atoms with van der Waals surface area (Å²) in [5.74, 6) is -0.00976. The van der Waals surface area contributed by atoms with Crippen LogP contribution < -0.4 is 5.73 Å². The molecule has 1 unspecified atom stereocenters. The summed E-state index contributed by atoms with van der Waals surface area (Å²) in [6, 6.07) is 6.35. The maximum atomic E-state index is 11.9. The molecule has 0 aliphatic carbocycles. The van der Waals surface area contributed by atoms with Crippen molar-refractivity contribution in [3.63, 3.8) is 0 Å². The molecule has 0 aromatic heterocycles. The number of nitro benzene ring substituents is 1. The summed E-state index contributed by atoms with van der Waals surface area (Å²) < 4.78 is 0. The van der Waals surface area contributed by atoms with E-state index in [-0.39, 0.29) is 17.6 Å². The fourth-order valence-electron chi connectivity index (χ4n) is 1.66. The molecule has 1 atom stereocenters. The van der Waals surface area contributed by atoms with Gasteiger partial charge in [-0.15, -0.1) is 0 Å². The van der Waals surface area contributed by atoms with Crippen LogP contribution in [0.4, 0.5) is 5.69 Å². The van der Waals surface area contributed by atoms with Crippen LogP contribution >= 0.6 is 0 Å². The number of amides is 1. The molecule has 0 bridgehead atoms. The van der Waals surface area contributed by atoms with Gasteiger partial charge in [0.15, 0.2) is 0 Å². The van der Waals surface area contributed by atoms with E-state index in [1.807, 2.05) is 6.92 Å². The van der Waals surface area contributed by atoms with Crippen molar-refractivity contribution in [1.82, 2.24) is 4.90 Å². The molecular formula is C13H19N3O3. The Morgan fingerprint density at radius 3 is 2.79 bits per heavy atom. The second-order valence-electron chi connectivity index (χ2n) is 4.52. The van der Waals surface area contributed by atoms with E-state index in [1.54, 1.807) is 24.1 Å². The first-order chi connectivity index (χ1) is 8.95. The molecule has 19 heavy (non-hydrogen) atoms. The molecule has 1 aromatic carbocycles. The molecule has 0 saturated heterocycles. The Kier molecular flexibility index (Phi) is 5.44. The summed E-state index contributed by atoms with van der Waals surface area (Å²) in [5.41, 5.74) is 6.34. The number of carbonyl (C=O) groups excluding carboxylic acids is 1. The van der Waals surface area contributed by atoms with Crippen molar-refractivity contribution in [2.45, 2.75) is 25.8 Å². The van der Waals surface area contributed by atoms with Crippen LogP contribution in [0.15, 0.2) is 24.3 Å². The Balaban J connectivity index is 2.59. The average molecular weight is 265 g/mol. The van der Waals surface area contributed by atoms with E-state index >= 15 is 0 Å². The quantitative estimate of drug-likeness (QED) is 0.620. The van der Waals surface area contributed by atoms with Crippen molar-refractivity contribution in [2.24, 2.45) is 5.73 Å². The van der Waals surface area contributed by atoms with E-state index in [0.717, 1.165) is 5.56 Å². The monoisotopic (exact) mass is 265 g/mol. The minimum Gasteiger partial charge on any atom is -0.342 e. The Morgan fingerprint density at radius 2 is 2.21 bits per heavy atom. The normalized spacial score (nSPS) is 11.9. The molecule has 0 radical (unpaired) electrons. The third kappa shape index (κ3) is 4.33. The van der Waals surface area contributed by atoms with E-state index in [2.05, 4.69) is 0 Å². The summed E-state index contributed by atoms with van der Waals surface area (Å²) in [4.78, 5) is 23.7. The minimum absolute atomic E-state index is 0.00221. The number of non-ortho nitro benzene ring substituents is 1. The third-order valence-corrected chi connectivity index (χ3v) is 3.14. The fraction of sp³-hybridized carbons (Fsp3) is 0.462. The highest BCUT2D eigenvalue weighted by molar-refractivity contribution is 5.76. The van der Waals surface area contributed by atoms with Gasteiger partial charge in [0.25, 0.3) is 5.69 Å². The molecular weight excluding hydrogens is 246 g/mol. The highest BCUT2D eigenvalue weighted by Gasteiger charge is 2.14. The van der Waals surface area contributed by atoms with Crippen molar-refractivity contribution in [3.05, 3.63) is 39.9 Å². The number of aryl methyl sites for hydroxylation is 1. The van der Waals surface area contributed by atoms with Gasteiger partial charge in [0.1, 0.15) is 0 Å². The van der Waals surface area contributed by atoms with Gasteiger partial charge in [-0.1, -0.05) is 12.1 Å². The lowest BCUT2D eigenvalue weighted by Gasteiger charge is -2.23. The Morgan fingerprint density at radius 1 is 1.53 bits per heavy atom. The number of carbonyl (C=O) groups is 1. The van der Waals surface area contributed by atoms with Crippen molar-refractivity contribution >= 4 is 11.6 Å². The van der Waals surface area contributed by atoms with Crippen LogP contribution in [0.3, 0.4) is 0 Å². The molecule has 0 aliphatic rings. The predicted molar refractivity (Wildman–Crippen MR) is 72.7 cm³/mol. The summed E-state index contributed by atoms with van der Waals surface area (Å²) in [5, 5.41) is 10.6. The maximum absolute atomic E-state index is 11.9. The standard InChI is InChI=1S/C13H19N3O3/c1-10(9-14)15(2)13(17)7-6-11-4-3-5-12(8-11)16(18)19/h3-5,8,10H,6-7,9,14H2,1-2H3. The Hall–Kier alpha value is -1.95. The van der Waals surface area contributed by atoms with E-state index < -0.39 is 4.92 Å². The average Bonchev–Trinajstić information content (AvgIpc) is 2.43. The van der Waals surface area contributed by atoms with Gasteiger partial charge >= 0.3 is 0 Å². The van der Waals surface area contributed by atoms with Crippen LogP contribution in [0.2, 0.25) is 0 Å². The zero-order chi connectivity index (χ0) is 14.4. The third-order valence-electron chi connectivity index (χ3n) is 3.14. The largest absolute Gasteiger partial charge is 0.342 e. The molecule has 1 rings (SSSR count). The lowest BCUT2D eigenvalue weighted by atomic mass is 10.1. The molecule has 0 fully saturated rings. The first-order valence-corrected chi connectivity index (χ1v) is 6.14. The van der Waals surface area contributed by atoms with E-state index in [9.17, 15) is 14.9 Å². The van der Waals surface area contributed by atoms with Crippen LogP contribution in [-0.2, 0) is 11.2 Å². The summed E-state index contributed by atoms with van der Waals surface area (Å²) in [6.45, 7) is 2.30. The number of benzene rings is 1. The molecule has 0 saturated carbocycles. The molecule has 6 heteroatoms. The molecule has 1 aromatic rings. The molecule has 2 N–H and O–H groups in total. The van der Waals surface area contributed by atoms with Crippen LogP contribution in [-0.4, -0.2) is 35.4 Å². The van der Waals surface area contributed by atoms with Crippen LogP contribution in [0, 0.1) is 10.1 Å². The number of nitrogens with zero attached hydrogens (tertiary/aromatic N) is 2. The number of likely N-dealkylation sites (N-methyl/N-ethyl adjacent to an activating group) is 1. The SMILES string of the molecule is CC(CN)N(C)C(=O)CCc1cccc([N+](=O)[O-])c1. The zero-order valence-electron chi connectivity index (χ0n) is 11.2. The second-order valence-corrected chi connectivity index (χ2v) is 4.52. The fourth-order valence-corrected chi connectivity index (χ4v) is 1.66. The number of rotatable bonds is 6. The van der Waals surface area contributed by atoms with Crippen molar-refractivity contribution in [1.29, 1.82) is 0 Å². The van der Waals surface area contributed by atoms with Gasteiger partial charge < -0.3 is 10.6 Å². The van der Waals surface area contributed by atoms with Crippen LogP contribution in [0.1, 0.15) is 18.9 Å². The van der Waals surface area contributed by atoms with Crippen molar-refractivity contribution < 1.29 is 9.72 Å². The Labute approximate surface area is 112 Å². The smallest absolute Gasteiger partial charge is 0.269 e.